The van der Waals surface area contributed by atoms with E-state index in [1.54, 1.807) is 0 Å². The maximum absolute atomic E-state index is 11.8. The van der Waals surface area contributed by atoms with E-state index in [4.69, 9.17) is 4.74 Å². The molecule has 0 spiro atoms. The van der Waals surface area contributed by atoms with Crippen molar-refractivity contribution in [2.75, 3.05) is 7.11 Å². The zero-order valence-electron chi connectivity index (χ0n) is 9.67. The molecule has 0 heterocycles. The van der Waals surface area contributed by atoms with Crippen LogP contribution in [0, 0.1) is 5.41 Å². The van der Waals surface area contributed by atoms with Gasteiger partial charge in [-0.2, -0.15) is 0 Å². The molecule has 0 unspecified atom stereocenters. The fraction of sp³-hybridized carbons (Fsp3) is 0.833. The molecule has 0 atom stereocenters. The van der Waals surface area contributed by atoms with E-state index in [0.29, 0.717) is 12.8 Å². The summed E-state index contributed by atoms with van der Waals surface area (Å²) in [6.07, 6.45) is 5.74. The molecule has 0 saturated heterocycles. The molecule has 1 fully saturated rings. The van der Waals surface area contributed by atoms with Gasteiger partial charge in [-0.05, 0) is 12.8 Å². The lowest BCUT2D eigenvalue weighted by Gasteiger charge is -2.33. The number of Topliss-reactive ketones (excluding diaryl/α,β-unsaturated/α-hetero) is 1. The monoisotopic (exact) mass is 212 g/mol. The van der Waals surface area contributed by atoms with Crippen LogP contribution in [0.4, 0.5) is 0 Å². The zero-order chi connectivity index (χ0) is 11.3. The zero-order valence-corrected chi connectivity index (χ0v) is 9.67. The van der Waals surface area contributed by atoms with Crippen LogP contribution in [0.1, 0.15) is 51.9 Å². The number of ketones is 1. The first-order chi connectivity index (χ1) is 7.14. The molecule has 15 heavy (non-hydrogen) atoms. The Balaban J connectivity index is 2.75. The van der Waals surface area contributed by atoms with Gasteiger partial charge >= 0.3 is 5.97 Å². The Hall–Kier alpha value is -0.860. The second-order valence-electron chi connectivity index (χ2n) is 4.40. The number of carbonyl (C=O) groups is 2. The van der Waals surface area contributed by atoms with Crippen molar-refractivity contribution in [3.8, 4) is 0 Å². The first kappa shape index (κ1) is 12.2. The minimum Gasteiger partial charge on any atom is -0.469 e. The minimum absolute atomic E-state index is 0.169. The molecule has 1 saturated carbocycles. The smallest absolute Gasteiger partial charge is 0.312 e. The molecule has 0 aromatic heterocycles. The van der Waals surface area contributed by atoms with Gasteiger partial charge in [0, 0.05) is 12.8 Å². The van der Waals surface area contributed by atoms with Crippen LogP contribution in [0.2, 0.25) is 0 Å². The van der Waals surface area contributed by atoms with Gasteiger partial charge in [0.1, 0.15) is 5.78 Å². The third-order valence-electron chi connectivity index (χ3n) is 3.36. The highest BCUT2D eigenvalue weighted by atomic mass is 16.5. The van der Waals surface area contributed by atoms with Gasteiger partial charge in [-0.3, -0.25) is 9.59 Å². The molecular weight excluding hydrogens is 192 g/mol. The van der Waals surface area contributed by atoms with Crippen LogP contribution < -0.4 is 0 Å². The third kappa shape index (κ3) is 2.80. The molecule has 3 nitrogen and oxygen atoms in total. The summed E-state index contributed by atoms with van der Waals surface area (Å²) in [6.45, 7) is 1.84. The Labute approximate surface area is 91.2 Å². The van der Waals surface area contributed by atoms with Crippen molar-refractivity contribution in [3.05, 3.63) is 0 Å². The predicted octanol–water partition coefficient (Wildman–Crippen LogP) is 2.48. The number of rotatable bonds is 4. The van der Waals surface area contributed by atoms with E-state index in [1.807, 2.05) is 6.92 Å². The molecular formula is C12H20O3. The number of ether oxygens (including phenoxy) is 1. The fourth-order valence-corrected chi connectivity index (χ4v) is 2.40. The molecule has 0 aliphatic heterocycles. The summed E-state index contributed by atoms with van der Waals surface area (Å²) in [4.78, 5) is 23.3. The Morgan fingerprint density at radius 1 is 1.20 bits per heavy atom. The molecule has 86 valence electrons. The fourth-order valence-electron chi connectivity index (χ4n) is 2.40. The lowest BCUT2D eigenvalue weighted by atomic mass is 9.70. The number of hydrogen-bond acceptors (Lipinski definition) is 3. The molecule has 0 amide bonds. The number of carbonyl (C=O) groups excluding carboxylic acids is 2. The van der Waals surface area contributed by atoms with Gasteiger partial charge in [-0.1, -0.05) is 26.2 Å². The summed E-state index contributed by atoms with van der Waals surface area (Å²) in [6, 6.07) is 0. The molecule has 0 aromatic carbocycles. The lowest BCUT2D eigenvalue weighted by molar-refractivity contribution is -0.157. The molecule has 0 N–H and O–H groups in total. The summed E-state index contributed by atoms with van der Waals surface area (Å²) >= 11 is 0. The SMILES string of the molecule is CCC(=O)CC1(C(=O)OC)CCCCC1. The van der Waals surface area contributed by atoms with Crippen LogP contribution in [0.25, 0.3) is 0 Å². The first-order valence-corrected chi connectivity index (χ1v) is 5.75. The average molecular weight is 212 g/mol. The average Bonchev–Trinajstić information content (AvgIpc) is 2.29. The van der Waals surface area contributed by atoms with Gasteiger partial charge < -0.3 is 4.74 Å². The highest BCUT2D eigenvalue weighted by Crippen LogP contribution is 2.40. The summed E-state index contributed by atoms with van der Waals surface area (Å²) in [5.74, 6) is -0.0219. The molecule has 1 aliphatic carbocycles. The van der Waals surface area contributed by atoms with Crippen molar-refractivity contribution in [2.45, 2.75) is 51.9 Å². The largest absolute Gasteiger partial charge is 0.469 e. The van der Waals surface area contributed by atoms with E-state index in [-0.39, 0.29) is 11.8 Å². The first-order valence-electron chi connectivity index (χ1n) is 5.75. The summed E-state index contributed by atoms with van der Waals surface area (Å²) in [5.41, 5.74) is -0.500. The van der Waals surface area contributed by atoms with Gasteiger partial charge in [0.15, 0.2) is 0 Å². The van der Waals surface area contributed by atoms with E-state index in [1.165, 1.54) is 13.5 Å². The highest BCUT2D eigenvalue weighted by Gasteiger charge is 2.41. The maximum atomic E-state index is 11.8. The molecule has 0 radical (unpaired) electrons. The van der Waals surface area contributed by atoms with E-state index in [0.717, 1.165) is 25.7 Å². The van der Waals surface area contributed by atoms with Crippen molar-refractivity contribution >= 4 is 11.8 Å². The van der Waals surface area contributed by atoms with Crippen molar-refractivity contribution in [3.63, 3.8) is 0 Å². The lowest BCUT2D eigenvalue weighted by Crippen LogP contribution is -2.36. The Kier molecular flexibility index (Phi) is 4.30. The topological polar surface area (TPSA) is 43.4 Å². The molecule has 3 heteroatoms. The normalized spacial score (nSPS) is 19.6. The van der Waals surface area contributed by atoms with Crippen LogP contribution >= 0.6 is 0 Å². The maximum Gasteiger partial charge on any atom is 0.312 e. The van der Waals surface area contributed by atoms with Gasteiger partial charge in [0.2, 0.25) is 0 Å². The second-order valence-corrected chi connectivity index (χ2v) is 4.40. The van der Waals surface area contributed by atoms with Crippen LogP contribution in [0.15, 0.2) is 0 Å². The van der Waals surface area contributed by atoms with Crippen molar-refractivity contribution in [1.29, 1.82) is 0 Å². The summed E-state index contributed by atoms with van der Waals surface area (Å²) in [7, 11) is 1.41. The van der Waals surface area contributed by atoms with Crippen molar-refractivity contribution < 1.29 is 14.3 Å². The molecule has 0 aromatic rings. The van der Waals surface area contributed by atoms with Crippen LogP contribution in [-0.2, 0) is 14.3 Å². The number of hydrogen-bond donors (Lipinski definition) is 0. The van der Waals surface area contributed by atoms with E-state index >= 15 is 0 Å². The number of esters is 1. The molecule has 1 aliphatic rings. The van der Waals surface area contributed by atoms with Crippen molar-refractivity contribution in [1.82, 2.24) is 0 Å². The standard InChI is InChI=1S/C12H20O3/c1-3-10(13)9-12(11(14)15-2)7-5-4-6-8-12/h3-9H2,1-2H3. The molecule has 1 rings (SSSR count). The molecule has 0 bridgehead atoms. The Morgan fingerprint density at radius 3 is 2.27 bits per heavy atom. The third-order valence-corrected chi connectivity index (χ3v) is 3.36. The Bertz CT molecular complexity index is 239. The summed E-state index contributed by atoms with van der Waals surface area (Å²) < 4.78 is 4.85. The second kappa shape index (κ2) is 5.29. The van der Waals surface area contributed by atoms with E-state index in [2.05, 4.69) is 0 Å². The van der Waals surface area contributed by atoms with Gasteiger partial charge in [0.05, 0.1) is 12.5 Å². The van der Waals surface area contributed by atoms with Crippen molar-refractivity contribution in [2.24, 2.45) is 5.41 Å². The van der Waals surface area contributed by atoms with Gasteiger partial charge in [-0.15, -0.1) is 0 Å². The highest BCUT2D eigenvalue weighted by molar-refractivity contribution is 5.86. The number of methoxy groups -OCH3 is 1. The van der Waals surface area contributed by atoms with Gasteiger partial charge in [0.25, 0.3) is 0 Å². The van der Waals surface area contributed by atoms with E-state index in [9.17, 15) is 9.59 Å². The van der Waals surface area contributed by atoms with Crippen LogP contribution in [0.5, 0.6) is 0 Å². The predicted molar refractivity (Wildman–Crippen MR) is 57.4 cm³/mol. The minimum atomic E-state index is -0.500. The summed E-state index contributed by atoms with van der Waals surface area (Å²) in [5, 5.41) is 0. The Morgan fingerprint density at radius 2 is 1.80 bits per heavy atom. The van der Waals surface area contributed by atoms with E-state index < -0.39 is 5.41 Å². The van der Waals surface area contributed by atoms with Gasteiger partial charge in [-0.25, -0.2) is 0 Å². The van der Waals surface area contributed by atoms with Crippen LogP contribution in [0.3, 0.4) is 0 Å². The quantitative estimate of drug-likeness (QED) is 0.672. The van der Waals surface area contributed by atoms with Crippen LogP contribution in [-0.4, -0.2) is 18.9 Å².